The van der Waals surface area contributed by atoms with Gasteiger partial charge in [-0.25, -0.2) is 4.79 Å². The van der Waals surface area contributed by atoms with Crippen molar-refractivity contribution in [2.24, 2.45) is 5.73 Å². The molecule has 1 spiro atoms. The van der Waals surface area contributed by atoms with Gasteiger partial charge in [-0.15, -0.1) is 0 Å². The van der Waals surface area contributed by atoms with E-state index in [-0.39, 0.29) is 11.9 Å². The van der Waals surface area contributed by atoms with E-state index in [0.29, 0.717) is 25.9 Å². The number of likely N-dealkylation sites (tertiary alicyclic amines) is 1. The second-order valence-corrected chi connectivity index (χ2v) is 5.27. The molecule has 2 rings (SSSR count). The Hall–Kier alpha value is -1.14. The molecular weight excluding hydrogens is 232 g/mol. The van der Waals surface area contributed by atoms with Crippen LogP contribution in [0, 0.1) is 0 Å². The number of imide groups is 1. The summed E-state index contributed by atoms with van der Waals surface area (Å²) in [5.41, 5.74) is 4.79. The van der Waals surface area contributed by atoms with Crippen molar-refractivity contribution in [2.45, 2.75) is 31.2 Å². The third kappa shape index (κ3) is 2.35. The summed E-state index contributed by atoms with van der Waals surface area (Å²) in [4.78, 5) is 27.8. The van der Waals surface area contributed by atoms with Crippen molar-refractivity contribution in [3.8, 4) is 0 Å². The van der Waals surface area contributed by atoms with Gasteiger partial charge in [-0.05, 0) is 39.3 Å². The summed E-state index contributed by atoms with van der Waals surface area (Å²) in [6.07, 6.45) is 3.04. The third-order valence-corrected chi connectivity index (χ3v) is 3.92. The number of unbranched alkanes of at least 4 members (excludes halogenated alkanes) is 1. The van der Waals surface area contributed by atoms with Crippen LogP contribution in [0.4, 0.5) is 4.79 Å². The fraction of sp³-hybridized carbons (Fsp3) is 0.833. The lowest BCUT2D eigenvalue weighted by atomic mass is 9.87. The summed E-state index contributed by atoms with van der Waals surface area (Å²) in [6, 6.07) is -0.235. The maximum absolute atomic E-state index is 12.4. The number of carbonyl (C=O) groups is 2. The highest BCUT2D eigenvalue weighted by Crippen LogP contribution is 2.29. The maximum Gasteiger partial charge on any atom is 0.325 e. The second kappa shape index (κ2) is 5.24. The molecule has 0 aromatic carbocycles. The number of hydrogen-bond donors (Lipinski definition) is 2. The molecule has 3 N–H and O–H groups in total. The Morgan fingerprint density at radius 2 is 1.94 bits per heavy atom. The summed E-state index contributed by atoms with van der Waals surface area (Å²) < 4.78 is 0. The standard InChI is InChI=1S/C12H22N4O2/c1-15-8-4-12(5-9-15)10(17)16(11(18)14-12)7-3-2-6-13/h2-9,13H2,1H3,(H,14,18). The molecule has 6 heteroatoms. The highest BCUT2D eigenvalue weighted by Gasteiger charge is 2.51. The molecule has 2 aliphatic heterocycles. The number of hydrogen-bond acceptors (Lipinski definition) is 4. The van der Waals surface area contributed by atoms with Crippen molar-refractivity contribution in [3.63, 3.8) is 0 Å². The Balaban J connectivity index is 1.99. The van der Waals surface area contributed by atoms with Crippen molar-refractivity contribution in [1.29, 1.82) is 0 Å². The monoisotopic (exact) mass is 254 g/mol. The predicted molar refractivity (Wildman–Crippen MR) is 68.0 cm³/mol. The molecule has 0 unspecified atom stereocenters. The Labute approximate surface area is 107 Å². The van der Waals surface area contributed by atoms with Crippen LogP contribution in [0.2, 0.25) is 0 Å². The van der Waals surface area contributed by atoms with Gasteiger partial charge in [0.2, 0.25) is 0 Å². The van der Waals surface area contributed by atoms with Crippen LogP contribution in [0.25, 0.3) is 0 Å². The van der Waals surface area contributed by atoms with Gasteiger partial charge in [-0.2, -0.15) is 0 Å². The first-order valence-corrected chi connectivity index (χ1v) is 6.62. The smallest absolute Gasteiger partial charge is 0.325 e. The Morgan fingerprint density at radius 1 is 1.28 bits per heavy atom. The first kappa shape index (κ1) is 13.3. The number of urea groups is 1. The highest BCUT2D eigenvalue weighted by atomic mass is 16.2. The minimum Gasteiger partial charge on any atom is -0.330 e. The highest BCUT2D eigenvalue weighted by molar-refractivity contribution is 6.07. The van der Waals surface area contributed by atoms with Crippen LogP contribution in [0.1, 0.15) is 25.7 Å². The topological polar surface area (TPSA) is 78.7 Å². The van der Waals surface area contributed by atoms with Gasteiger partial charge in [0.25, 0.3) is 5.91 Å². The van der Waals surface area contributed by atoms with E-state index in [1.807, 2.05) is 7.05 Å². The third-order valence-electron chi connectivity index (χ3n) is 3.92. The van der Waals surface area contributed by atoms with Crippen LogP contribution in [0.3, 0.4) is 0 Å². The fourth-order valence-electron chi connectivity index (χ4n) is 2.63. The molecule has 0 saturated carbocycles. The number of nitrogens with two attached hydrogens (primary N) is 1. The first-order valence-electron chi connectivity index (χ1n) is 6.62. The second-order valence-electron chi connectivity index (χ2n) is 5.27. The summed E-state index contributed by atoms with van der Waals surface area (Å²) in [7, 11) is 2.03. The first-order chi connectivity index (χ1) is 8.59. The molecular formula is C12H22N4O2. The van der Waals surface area contributed by atoms with E-state index in [4.69, 9.17) is 5.73 Å². The van der Waals surface area contributed by atoms with Crippen molar-refractivity contribution in [1.82, 2.24) is 15.1 Å². The van der Waals surface area contributed by atoms with Crippen LogP contribution in [-0.2, 0) is 4.79 Å². The van der Waals surface area contributed by atoms with Crippen molar-refractivity contribution >= 4 is 11.9 Å². The maximum atomic E-state index is 12.4. The SMILES string of the molecule is CN1CCC2(CC1)NC(=O)N(CCCCN)C2=O. The Bertz CT molecular complexity index is 337. The molecule has 3 amide bonds. The quantitative estimate of drug-likeness (QED) is 0.535. The minimum absolute atomic E-state index is 0.0439. The average Bonchev–Trinajstić information content (AvgIpc) is 2.58. The molecule has 0 aromatic heterocycles. The van der Waals surface area contributed by atoms with Gasteiger partial charge >= 0.3 is 6.03 Å². The summed E-state index contributed by atoms with van der Waals surface area (Å²) >= 11 is 0. The minimum atomic E-state index is -0.633. The van der Waals surface area contributed by atoms with Crippen LogP contribution in [-0.4, -0.2) is 60.5 Å². The summed E-state index contributed by atoms with van der Waals surface area (Å²) in [6.45, 7) is 2.78. The van der Waals surface area contributed by atoms with Crippen molar-refractivity contribution in [3.05, 3.63) is 0 Å². The zero-order valence-corrected chi connectivity index (χ0v) is 10.9. The summed E-state index contributed by atoms with van der Waals surface area (Å²) in [5, 5.41) is 2.90. The van der Waals surface area contributed by atoms with Crippen LogP contribution in [0.15, 0.2) is 0 Å². The molecule has 0 aromatic rings. The van der Waals surface area contributed by atoms with Gasteiger partial charge in [0, 0.05) is 19.6 Å². The number of piperidine rings is 1. The normalized spacial score (nSPS) is 23.8. The Morgan fingerprint density at radius 3 is 2.56 bits per heavy atom. The van der Waals surface area contributed by atoms with Gasteiger partial charge in [0.1, 0.15) is 5.54 Å². The lowest BCUT2D eigenvalue weighted by Gasteiger charge is -2.35. The van der Waals surface area contributed by atoms with Gasteiger partial charge < -0.3 is 16.0 Å². The molecule has 0 bridgehead atoms. The van der Waals surface area contributed by atoms with Crippen molar-refractivity contribution in [2.75, 3.05) is 33.2 Å². The van der Waals surface area contributed by atoms with Gasteiger partial charge in [0.05, 0.1) is 0 Å². The van der Waals surface area contributed by atoms with Gasteiger partial charge in [0.15, 0.2) is 0 Å². The Kier molecular flexibility index (Phi) is 3.87. The molecule has 6 nitrogen and oxygen atoms in total. The molecule has 2 fully saturated rings. The van der Waals surface area contributed by atoms with E-state index in [9.17, 15) is 9.59 Å². The number of nitrogens with one attached hydrogen (secondary N) is 1. The van der Waals surface area contributed by atoms with E-state index < -0.39 is 5.54 Å². The molecule has 0 radical (unpaired) electrons. The molecule has 2 heterocycles. The fourth-order valence-corrected chi connectivity index (χ4v) is 2.63. The van der Waals surface area contributed by atoms with E-state index >= 15 is 0 Å². The van der Waals surface area contributed by atoms with Gasteiger partial charge in [-0.3, -0.25) is 9.69 Å². The van der Waals surface area contributed by atoms with Crippen molar-refractivity contribution < 1.29 is 9.59 Å². The number of nitrogens with zero attached hydrogens (tertiary/aromatic N) is 2. The van der Waals surface area contributed by atoms with E-state index in [2.05, 4.69) is 10.2 Å². The number of carbonyl (C=O) groups excluding carboxylic acids is 2. The van der Waals surface area contributed by atoms with Gasteiger partial charge in [-0.1, -0.05) is 0 Å². The largest absolute Gasteiger partial charge is 0.330 e. The molecule has 0 atom stereocenters. The molecule has 2 saturated heterocycles. The van der Waals surface area contributed by atoms with Crippen LogP contribution >= 0.6 is 0 Å². The molecule has 102 valence electrons. The zero-order valence-electron chi connectivity index (χ0n) is 10.9. The predicted octanol–water partition coefficient (Wildman–Crippen LogP) is -0.258. The lowest BCUT2D eigenvalue weighted by molar-refractivity contribution is -0.132. The average molecular weight is 254 g/mol. The summed E-state index contributed by atoms with van der Waals surface area (Å²) in [5.74, 6) is -0.0439. The van der Waals surface area contributed by atoms with E-state index in [0.717, 1.165) is 25.9 Å². The van der Waals surface area contributed by atoms with Crippen LogP contribution < -0.4 is 11.1 Å². The molecule has 2 aliphatic rings. The number of amides is 3. The molecule has 0 aliphatic carbocycles. The zero-order chi connectivity index (χ0) is 13.2. The van der Waals surface area contributed by atoms with E-state index in [1.165, 1.54) is 4.90 Å². The molecule has 18 heavy (non-hydrogen) atoms. The number of rotatable bonds is 4. The van der Waals surface area contributed by atoms with E-state index in [1.54, 1.807) is 0 Å². The van der Waals surface area contributed by atoms with Crippen LogP contribution in [0.5, 0.6) is 0 Å². The lowest BCUT2D eigenvalue weighted by Crippen LogP contribution is -2.54.